The van der Waals surface area contributed by atoms with Crippen molar-refractivity contribution in [2.45, 2.75) is 27.3 Å². The molecule has 0 aliphatic carbocycles. The normalized spacial score (nSPS) is 10.9. The Balaban J connectivity index is 0.00000289. The van der Waals surface area contributed by atoms with E-state index in [-0.39, 0.29) is 29.9 Å². The van der Waals surface area contributed by atoms with E-state index in [9.17, 15) is 4.79 Å². The van der Waals surface area contributed by atoms with Crippen molar-refractivity contribution in [3.63, 3.8) is 0 Å². The third kappa shape index (κ3) is 4.61. The number of carbonyl (C=O) groups is 1. The SMILES string of the molecule is CCOC(=O)c1ccc(C[N+](C)(CC)CC)o1.[I-]. The maximum absolute atomic E-state index is 11.4. The largest absolute Gasteiger partial charge is 1.00 e. The van der Waals surface area contributed by atoms with Crippen molar-refractivity contribution in [3.05, 3.63) is 23.7 Å². The van der Waals surface area contributed by atoms with Gasteiger partial charge in [-0.2, -0.15) is 0 Å². The minimum absolute atomic E-state index is 0. The average Bonchev–Trinajstić information content (AvgIpc) is 2.77. The monoisotopic (exact) mass is 367 g/mol. The van der Waals surface area contributed by atoms with Crippen LogP contribution in [0.5, 0.6) is 0 Å². The molecule has 0 aliphatic rings. The van der Waals surface area contributed by atoms with Crippen LogP contribution in [0.15, 0.2) is 16.5 Å². The van der Waals surface area contributed by atoms with Crippen LogP contribution in [-0.4, -0.2) is 37.2 Å². The number of hydrogen-bond donors (Lipinski definition) is 0. The van der Waals surface area contributed by atoms with Gasteiger partial charge in [-0.05, 0) is 32.9 Å². The van der Waals surface area contributed by atoms with E-state index in [1.807, 2.05) is 6.07 Å². The summed E-state index contributed by atoms with van der Waals surface area (Å²) in [6.07, 6.45) is 0. The second-order valence-corrected chi connectivity index (χ2v) is 4.40. The van der Waals surface area contributed by atoms with Crippen LogP contribution >= 0.6 is 0 Å². The Morgan fingerprint density at radius 1 is 1.28 bits per heavy atom. The van der Waals surface area contributed by atoms with E-state index in [0.29, 0.717) is 12.4 Å². The summed E-state index contributed by atoms with van der Waals surface area (Å²) in [5.41, 5.74) is 0. The summed E-state index contributed by atoms with van der Waals surface area (Å²) in [6, 6.07) is 3.54. The smallest absolute Gasteiger partial charge is 0.374 e. The zero-order chi connectivity index (χ0) is 12.9. The summed E-state index contributed by atoms with van der Waals surface area (Å²) in [5.74, 6) is 0.737. The summed E-state index contributed by atoms with van der Waals surface area (Å²) < 4.78 is 11.3. The van der Waals surface area contributed by atoms with E-state index < -0.39 is 0 Å². The van der Waals surface area contributed by atoms with Crippen LogP contribution in [-0.2, 0) is 11.3 Å². The Kier molecular flexibility index (Phi) is 7.54. The van der Waals surface area contributed by atoms with Crippen molar-refractivity contribution in [2.24, 2.45) is 0 Å². The van der Waals surface area contributed by atoms with Crippen LogP contribution in [0.1, 0.15) is 37.1 Å². The molecular weight excluding hydrogens is 345 g/mol. The maximum Gasteiger partial charge on any atom is 0.374 e. The molecule has 0 saturated carbocycles. The van der Waals surface area contributed by atoms with Crippen LogP contribution in [0.25, 0.3) is 0 Å². The molecule has 0 atom stereocenters. The molecule has 1 aromatic heterocycles. The second kappa shape index (κ2) is 7.78. The lowest BCUT2D eigenvalue weighted by Crippen LogP contribution is -3.00. The lowest BCUT2D eigenvalue weighted by Gasteiger charge is -2.30. The molecule has 5 heteroatoms. The van der Waals surface area contributed by atoms with Crippen molar-refractivity contribution >= 4 is 5.97 Å². The molecule has 4 nitrogen and oxygen atoms in total. The van der Waals surface area contributed by atoms with Gasteiger partial charge in [-0.3, -0.25) is 0 Å². The summed E-state index contributed by atoms with van der Waals surface area (Å²) >= 11 is 0. The summed E-state index contributed by atoms with van der Waals surface area (Å²) in [4.78, 5) is 11.4. The molecule has 0 unspecified atom stereocenters. The lowest BCUT2D eigenvalue weighted by atomic mass is 10.3. The summed E-state index contributed by atoms with van der Waals surface area (Å²) in [5, 5.41) is 0. The topological polar surface area (TPSA) is 39.4 Å². The molecule has 0 aliphatic heterocycles. The molecule has 0 aromatic carbocycles. The van der Waals surface area contributed by atoms with Crippen molar-refractivity contribution in [1.29, 1.82) is 0 Å². The Bertz CT molecular complexity index is 372. The van der Waals surface area contributed by atoms with Gasteiger partial charge < -0.3 is 37.6 Å². The summed E-state index contributed by atoms with van der Waals surface area (Å²) in [6.45, 7) is 9.32. The fourth-order valence-corrected chi connectivity index (χ4v) is 1.60. The summed E-state index contributed by atoms with van der Waals surface area (Å²) in [7, 11) is 2.17. The minimum atomic E-state index is -0.388. The van der Waals surface area contributed by atoms with Crippen LogP contribution in [0.3, 0.4) is 0 Å². The van der Waals surface area contributed by atoms with Crippen molar-refractivity contribution in [2.75, 3.05) is 26.7 Å². The number of carbonyl (C=O) groups excluding carboxylic acids is 1. The second-order valence-electron chi connectivity index (χ2n) is 4.40. The standard InChI is InChI=1S/C13H22NO3.HI/c1-5-14(4,6-2)10-11-8-9-12(17-11)13(15)16-7-3;/h8-9H,5-7,10H2,1-4H3;1H/q+1;/p-1. The molecule has 104 valence electrons. The van der Waals surface area contributed by atoms with Gasteiger partial charge in [0.15, 0.2) is 5.76 Å². The molecule has 1 heterocycles. The van der Waals surface area contributed by atoms with Crippen LogP contribution in [0.4, 0.5) is 0 Å². The van der Waals surface area contributed by atoms with Crippen molar-refractivity contribution < 1.29 is 42.4 Å². The first-order valence-electron chi connectivity index (χ1n) is 6.14. The molecule has 0 N–H and O–H groups in total. The Morgan fingerprint density at radius 2 is 1.89 bits per heavy atom. The fourth-order valence-electron chi connectivity index (χ4n) is 1.60. The molecule has 0 bridgehead atoms. The van der Waals surface area contributed by atoms with Crippen LogP contribution in [0.2, 0.25) is 0 Å². The highest BCUT2D eigenvalue weighted by Gasteiger charge is 2.21. The van der Waals surface area contributed by atoms with Crippen LogP contribution in [0, 0.1) is 0 Å². The first-order chi connectivity index (χ1) is 8.04. The first-order valence-corrected chi connectivity index (χ1v) is 6.14. The van der Waals surface area contributed by atoms with E-state index in [2.05, 4.69) is 20.9 Å². The molecule has 0 saturated heterocycles. The lowest BCUT2D eigenvalue weighted by molar-refractivity contribution is -0.920. The van der Waals surface area contributed by atoms with E-state index in [1.165, 1.54) is 0 Å². The molecule has 0 fully saturated rings. The van der Waals surface area contributed by atoms with Gasteiger partial charge in [-0.1, -0.05) is 0 Å². The zero-order valence-corrected chi connectivity index (χ0v) is 13.7. The van der Waals surface area contributed by atoms with Gasteiger partial charge >= 0.3 is 5.97 Å². The van der Waals surface area contributed by atoms with Gasteiger partial charge in [0.25, 0.3) is 0 Å². The number of hydrogen-bond acceptors (Lipinski definition) is 3. The van der Waals surface area contributed by atoms with E-state index in [1.54, 1.807) is 13.0 Å². The predicted octanol–water partition coefficient (Wildman–Crippen LogP) is -0.553. The maximum atomic E-state index is 11.4. The van der Waals surface area contributed by atoms with E-state index >= 15 is 0 Å². The number of quaternary nitrogens is 1. The Morgan fingerprint density at radius 3 is 2.39 bits per heavy atom. The first kappa shape index (κ1) is 17.4. The van der Waals surface area contributed by atoms with Crippen molar-refractivity contribution in [3.8, 4) is 0 Å². The van der Waals surface area contributed by atoms with Gasteiger partial charge in [0.05, 0.1) is 26.7 Å². The van der Waals surface area contributed by atoms with Gasteiger partial charge in [0.2, 0.25) is 5.76 Å². The van der Waals surface area contributed by atoms with Crippen molar-refractivity contribution in [1.82, 2.24) is 0 Å². The van der Waals surface area contributed by atoms with Crippen LogP contribution < -0.4 is 24.0 Å². The minimum Gasteiger partial charge on any atom is -1.00 e. The number of ether oxygens (including phenoxy) is 1. The van der Waals surface area contributed by atoms with E-state index in [0.717, 1.165) is 29.9 Å². The number of esters is 1. The Hall–Kier alpha value is -0.560. The van der Waals surface area contributed by atoms with Gasteiger partial charge in [-0.25, -0.2) is 4.79 Å². The zero-order valence-electron chi connectivity index (χ0n) is 11.5. The number of rotatable bonds is 6. The Labute approximate surface area is 126 Å². The predicted molar refractivity (Wildman–Crippen MR) is 65.6 cm³/mol. The molecular formula is C13H22INO3. The molecule has 1 aromatic rings. The highest BCUT2D eigenvalue weighted by molar-refractivity contribution is 5.86. The number of furan rings is 1. The average molecular weight is 367 g/mol. The number of nitrogens with zero attached hydrogens (tertiary/aromatic N) is 1. The molecule has 1 rings (SSSR count). The molecule has 0 spiro atoms. The highest BCUT2D eigenvalue weighted by Crippen LogP contribution is 2.15. The quantitative estimate of drug-likeness (QED) is 0.385. The number of halogens is 1. The van der Waals surface area contributed by atoms with Gasteiger partial charge in [-0.15, -0.1) is 0 Å². The van der Waals surface area contributed by atoms with E-state index in [4.69, 9.17) is 9.15 Å². The fraction of sp³-hybridized carbons (Fsp3) is 0.615. The molecule has 0 radical (unpaired) electrons. The highest BCUT2D eigenvalue weighted by atomic mass is 127. The molecule has 18 heavy (non-hydrogen) atoms. The third-order valence-corrected chi connectivity index (χ3v) is 3.20. The third-order valence-electron chi connectivity index (χ3n) is 3.20. The molecule has 0 amide bonds. The van der Waals surface area contributed by atoms with Gasteiger partial charge in [0, 0.05) is 0 Å². The van der Waals surface area contributed by atoms with Gasteiger partial charge in [0.1, 0.15) is 6.54 Å².